The Morgan fingerprint density at radius 3 is 2.58 bits per heavy atom. The van der Waals surface area contributed by atoms with Crippen molar-refractivity contribution in [2.24, 2.45) is 0 Å². The summed E-state index contributed by atoms with van der Waals surface area (Å²) in [5.41, 5.74) is 0.771. The topological polar surface area (TPSA) is 80.6 Å². The van der Waals surface area contributed by atoms with Crippen molar-refractivity contribution in [3.63, 3.8) is 0 Å². The maximum atomic E-state index is 13.9. The van der Waals surface area contributed by atoms with E-state index in [-0.39, 0.29) is 22.7 Å². The van der Waals surface area contributed by atoms with Gasteiger partial charge >= 0.3 is 5.76 Å². The van der Waals surface area contributed by atoms with Gasteiger partial charge in [-0.15, -0.1) is 0 Å². The Morgan fingerprint density at radius 1 is 1.23 bits per heavy atom. The molecule has 2 heterocycles. The molecule has 0 N–H and O–H groups in total. The summed E-state index contributed by atoms with van der Waals surface area (Å²) in [7, 11) is 1.69. The van der Waals surface area contributed by atoms with Gasteiger partial charge in [0.05, 0.1) is 30.4 Å². The minimum absolute atomic E-state index is 0.0145. The average molecular weight is 432 g/mol. The quantitative estimate of drug-likeness (QED) is 0.650. The number of nitriles is 1. The van der Waals surface area contributed by atoms with Crippen LogP contribution in [0.1, 0.15) is 57.1 Å². The lowest BCUT2D eigenvalue weighted by Crippen LogP contribution is -2.53. The van der Waals surface area contributed by atoms with Gasteiger partial charge in [-0.1, -0.05) is 0 Å². The zero-order valence-electron chi connectivity index (χ0n) is 18.2. The summed E-state index contributed by atoms with van der Waals surface area (Å²) < 4.78 is 31.8. The van der Waals surface area contributed by atoms with E-state index in [0.29, 0.717) is 24.8 Å². The number of oxazole rings is 1. The molecule has 4 rings (SSSR count). The molecule has 1 aliphatic carbocycles. The SMILES string of the molecule is COCCO[C@H]1CC[C@](C)(N2CCC(n3c(=O)oc4cc(F)c(C#N)cc43)CC2)CC1. The number of nitrogens with zero attached hydrogens (tertiary/aromatic N) is 3. The van der Waals surface area contributed by atoms with Crippen molar-refractivity contribution in [3.8, 4) is 6.07 Å². The first-order valence-corrected chi connectivity index (χ1v) is 11.1. The Kier molecular flexibility index (Phi) is 6.47. The maximum Gasteiger partial charge on any atom is 0.420 e. The zero-order valence-corrected chi connectivity index (χ0v) is 18.2. The summed E-state index contributed by atoms with van der Waals surface area (Å²) in [6, 6.07) is 4.39. The summed E-state index contributed by atoms with van der Waals surface area (Å²) >= 11 is 0. The summed E-state index contributed by atoms with van der Waals surface area (Å²) in [6.07, 6.45) is 6.23. The second kappa shape index (κ2) is 9.11. The highest BCUT2D eigenvalue weighted by atomic mass is 19.1. The van der Waals surface area contributed by atoms with E-state index in [1.54, 1.807) is 11.7 Å². The molecule has 0 bridgehead atoms. The first kappa shape index (κ1) is 22.0. The third-order valence-corrected chi connectivity index (χ3v) is 7.07. The number of rotatable bonds is 6. The molecule has 8 heteroatoms. The first-order valence-electron chi connectivity index (χ1n) is 11.1. The lowest BCUT2D eigenvalue weighted by molar-refractivity contribution is -0.0419. The van der Waals surface area contributed by atoms with Crippen LogP contribution in [0.3, 0.4) is 0 Å². The van der Waals surface area contributed by atoms with Gasteiger partial charge in [0, 0.05) is 37.8 Å². The van der Waals surface area contributed by atoms with Crippen LogP contribution in [0.4, 0.5) is 4.39 Å². The summed E-state index contributed by atoms with van der Waals surface area (Å²) in [6.45, 7) is 5.39. The normalized spacial score (nSPS) is 25.7. The van der Waals surface area contributed by atoms with Crippen molar-refractivity contribution in [2.75, 3.05) is 33.4 Å². The van der Waals surface area contributed by atoms with Crippen LogP contribution in [0.15, 0.2) is 21.3 Å². The Morgan fingerprint density at radius 2 is 1.94 bits per heavy atom. The number of methoxy groups -OCH3 is 1. The molecule has 0 spiro atoms. The van der Waals surface area contributed by atoms with Crippen molar-refractivity contribution < 1.29 is 18.3 Å². The smallest absolute Gasteiger partial charge is 0.408 e. The number of benzene rings is 1. The van der Waals surface area contributed by atoms with Crippen LogP contribution in [-0.2, 0) is 9.47 Å². The fraction of sp³-hybridized carbons (Fsp3) is 0.652. The van der Waals surface area contributed by atoms with Crippen LogP contribution >= 0.6 is 0 Å². The van der Waals surface area contributed by atoms with E-state index < -0.39 is 11.6 Å². The van der Waals surface area contributed by atoms with Crippen molar-refractivity contribution in [1.82, 2.24) is 9.47 Å². The number of hydrogen-bond acceptors (Lipinski definition) is 6. The van der Waals surface area contributed by atoms with Gasteiger partial charge < -0.3 is 13.9 Å². The van der Waals surface area contributed by atoms with Crippen molar-refractivity contribution in [2.45, 2.75) is 63.1 Å². The average Bonchev–Trinajstić information content (AvgIpc) is 3.09. The molecule has 0 radical (unpaired) electrons. The van der Waals surface area contributed by atoms with E-state index in [1.807, 2.05) is 6.07 Å². The molecule has 0 unspecified atom stereocenters. The first-order chi connectivity index (χ1) is 14.9. The van der Waals surface area contributed by atoms with Gasteiger partial charge in [0.25, 0.3) is 0 Å². The van der Waals surface area contributed by atoms with Crippen LogP contribution in [0.2, 0.25) is 0 Å². The van der Waals surface area contributed by atoms with Crippen LogP contribution in [0.25, 0.3) is 11.1 Å². The number of aromatic nitrogens is 1. The third-order valence-electron chi connectivity index (χ3n) is 7.07. The van der Waals surface area contributed by atoms with Crippen LogP contribution in [0, 0.1) is 17.1 Å². The summed E-state index contributed by atoms with van der Waals surface area (Å²) in [4.78, 5) is 15.0. The Labute approximate surface area is 181 Å². The van der Waals surface area contributed by atoms with Gasteiger partial charge in [-0.05, 0) is 51.5 Å². The minimum Gasteiger partial charge on any atom is -0.408 e. The maximum absolute atomic E-state index is 13.9. The molecular weight excluding hydrogens is 401 g/mol. The van der Waals surface area contributed by atoms with Crippen molar-refractivity contribution in [3.05, 3.63) is 34.1 Å². The van der Waals surface area contributed by atoms with Crippen molar-refractivity contribution >= 4 is 11.1 Å². The number of halogens is 1. The van der Waals surface area contributed by atoms with Gasteiger partial charge in [-0.3, -0.25) is 9.47 Å². The Balaban J connectivity index is 1.41. The Hall–Kier alpha value is -2.21. The standard InChI is InChI=1S/C23H30FN3O4/c1-23(7-3-18(4-8-23)30-12-11-29-2)26-9-5-17(6-10-26)27-20-13-16(15-25)19(24)14-21(20)31-22(27)28/h13-14,17-18H,3-12H2,1-2H3/t18-,23-. The number of hydrogen-bond donors (Lipinski definition) is 0. The highest BCUT2D eigenvalue weighted by molar-refractivity contribution is 5.75. The number of piperidine rings is 1. The molecule has 2 aromatic rings. The van der Waals surface area contributed by atoms with Crippen molar-refractivity contribution in [1.29, 1.82) is 5.26 Å². The fourth-order valence-corrected chi connectivity index (χ4v) is 5.14. The van der Waals surface area contributed by atoms with E-state index >= 15 is 0 Å². The van der Waals surface area contributed by atoms with Gasteiger partial charge in [0.1, 0.15) is 11.9 Å². The third kappa shape index (κ3) is 4.40. The highest BCUT2D eigenvalue weighted by Crippen LogP contribution is 2.38. The van der Waals surface area contributed by atoms with Crippen LogP contribution < -0.4 is 5.76 Å². The molecule has 1 aromatic carbocycles. The summed E-state index contributed by atoms with van der Waals surface area (Å²) in [5, 5.41) is 9.14. The summed E-state index contributed by atoms with van der Waals surface area (Å²) in [5.74, 6) is -1.15. The molecule has 0 atom stereocenters. The van der Waals surface area contributed by atoms with Crippen LogP contribution in [-0.4, -0.2) is 54.5 Å². The lowest BCUT2D eigenvalue weighted by Gasteiger charge is -2.48. The van der Waals surface area contributed by atoms with Gasteiger partial charge in [0.15, 0.2) is 5.58 Å². The molecule has 31 heavy (non-hydrogen) atoms. The van der Waals surface area contributed by atoms with E-state index in [4.69, 9.17) is 19.2 Å². The fourth-order valence-electron chi connectivity index (χ4n) is 5.14. The second-order valence-electron chi connectivity index (χ2n) is 8.93. The molecule has 1 saturated carbocycles. The predicted molar refractivity (Wildman–Crippen MR) is 113 cm³/mol. The minimum atomic E-state index is -0.666. The molecule has 168 valence electrons. The molecule has 1 aliphatic heterocycles. The monoisotopic (exact) mass is 431 g/mol. The molecule has 7 nitrogen and oxygen atoms in total. The van der Waals surface area contributed by atoms with Crippen LogP contribution in [0.5, 0.6) is 0 Å². The zero-order chi connectivity index (χ0) is 22.0. The molecular formula is C23H30FN3O4. The van der Waals surface area contributed by atoms with Gasteiger partial charge in [-0.25, -0.2) is 9.18 Å². The number of likely N-dealkylation sites (tertiary alicyclic amines) is 1. The van der Waals surface area contributed by atoms with E-state index in [9.17, 15) is 9.18 Å². The van der Waals surface area contributed by atoms with E-state index in [0.717, 1.165) is 57.7 Å². The second-order valence-corrected chi connectivity index (χ2v) is 8.93. The van der Waals surface area contributed by atoms with E-state index in [2.05, 4.69) is 11.8 Å². The predicted octanol–water partition coefficient (Wildman–Crippen LogP) is 3.61. The lowest BCUT2D eigenvalue weighted by atomic mass is 9.79. The number of ether oxygens (including phenoxy) is 2. The van der Waals surface area contributed by atoms with Gasteiger partial charge in [0.2, 0.25) is 0 Å². The molecule has 2 fully saturated rings. The number of fused-ring (bicyclic) bond motifs is 1. The molecule has 1 aromatic heterocycles. The molecule has 2 aliphatic rings. The van der Waals surface area contributed by atoms with E-state index in [1.165, 1.54) is 6.07 Å². The molecule has 0 amide bonds. The highest BCUT2D eigenvalue weighted by Gasteiger charge is 2.38. The Bertz CT molecular complexity index is 1010. The largest absolute Gasteiger partial charge is 0.420 e. The van der Waals surface area contributed by atoms with Gasteiger partial charge in [-0.2, -0.15) is 5.26 Å². The molecule has 1 saturated heterocycles.